The van der Waals surface area contributed by atoms with Crippen LogP contribution in [-0.4, -0.2) is 37.0 Å². The van der Waals surface area contributed by atoms with E-state index in [1.807, 2.05) is 0 Å². The maximum atomic E-state index is 12.6. The minimum atomic E-state index is -0.106. The van der Waals surface area contributed by atoms with E-state index in [1.54, 1.807) is 0 Å². The zero-order chi connectivity index (χ0) is 12.5. The van der Waals surface area contributed by atoms with Crippen molar-refractivity contribution in [3.8, 4) is 0 Å². The summed E-state index contributed by atoms with van der Waals surface area (Å²) in [5.74, 6) is 1.82. The van der Waals surface area contributed by atoms with Gasteiger partial charge in [0.1, 0.15) is 0 Å². The van der Waals surface area contributed by atoms with Crippen LogP contribution in [0.25, 0.3) is 0 Å². The lowest BCUT2D eigenvalue weighted by Crippen LogP contribution is -2.51. The average molecular weight is 238 g/mol. The molecule has 0 aromatic rings. The summed E-state index contributed by atoms with van der Waals surface area (Å²) in [6, 6.07) is 0. The molecule has 17 heavy (non-hydrogen) atoms. The van der Waals surface area contributed by atoms with Crippen molar-refractivity contribution in [3.05, 3.63) is 0 Å². The summed E-state index contributed by atoms with van der Waals surface area (Å²) in [7, 11) is 0. The van der Waals surface area contributed by atoms with Gasteiger partial charge in [-0.3, -0.25) is 4.79 Å². The molecule has 2 rings (SSSR count). The van der Waals surface area contributed by atoms with Crippen molar-refractivity contribution in [2.75, 3.05) is 26.2 Å². The highest BCUT2D eigenvalue weighted by atomic mass is 16.2. The van der Waals surface area contributed by atoms with Crippen LogP contribution < -0.4 is 5.32 Å². The Kier molecular flexibility index (Phi) is 3.76. The zero-order valence-corrected chi connectivity index (χ0v) is 11.5. The first-order valence-electron chi connectivity index (χ1n) is 7.03. The molecule has 2 unspecified atom stereocenters. The molecule has 1 N–H and O–H groups in total. The predicted octanol–water partition coefficient (Wildman–Crippen LogP) is 1.88. The zero-order valence-electron chi connectivity index (χ0n) is 11.5. The van der Waals surface area contributed by atoms with Crippen molar-refractivity contribution in [3.63, 3.8) is 0 Å². The number of carbonyl (C=O) groups is 1. The smallest absolute Gasteiger partial charge is 0.228 e. The first-order valence-corrected chi connectivity index (χ1v) is 7.03. The van der Waals surface area contributed by atoms with E-state index in [2.05, 4.69) is 31.0 Å². The summed E-state index contributed by atoms with van der Waals surface area (Å²) in [4.78, 5) is 14.7. The standard InChI is InChI=1S/C14H26N2O/c1-11-4-9-16(10-12(11)2)13(17)14(3)5-7-15-8-6-14/h11-12,15H,4-10H2,1-3H3. The van der Waals surface area contributed by atoms with Gasteiger partial charge in [-0.2, -0.15) is 0 Å². The number of carbonyl (C=O) groups excluding carboxylic acids is 1. The van der Waals surface area contributed by atoms with Gasteiger partial charge in [-0.05, 0) is 44.2 Å². The summed E-state index contributed by atoms with van der Waals surface area (Å²) >= 11 is 0. The third-order valence-electron chi connectivity index (χ3n) is 4.84. The third-order valence-corrected chi connectivity index (χ3v) is 4.84. The molecule has 0 aromatic carbocycles. The molecular formula is C14H26N2O. The number of hydrogen-bond acceptors (Lipinski definition) is 2. The average Bonchev–Trinajstić information content (AvgIpc) is 2.33. The van der Waals surface area contributed by atoms with E-state index in [1.165, 1.54) is 6.42 Å². The van der Waals surface area contributed by atoms with Crippen molar-refractivity contribution >= 4 is 5.91 Å². The Morgan fingerprint density at radius 1 is 1.24 bits per heavy atom. The van der Waals surface area contributed by atoms with Crippen LogP contribution in [0.1, 0.15) is 40.0 Å². The SMILES string of the molecule is CC1CCN(C(=O)C2(C)CCNCC2)CC1C. The summed E-state index contributed by atoms with van der Waals surface area (Å²) < 4.78 is 0. The molecule has 3 heteroatoms. The largest absolute Gasteiger partial charge is 0.342 e. The molecule has 0 aromatic heterocycles. The molecule has 2 fully saturated rings. The number of nitrogens with zero attached hydrogens (tertiary/aromatic N) is 1. The minimum Gasteiger partial charge on any atom is -0.342 e. The van der Waals surface area contributed by atoms with Crippen LogP contribution in [0.5, 0.6) is 0 Å². The fraction of sp³-hybridized carbons (Fsp3) is 0.929. The molecule has 0 saturated carbocycles. The van der Waals surface area contributed by atoms with Crippen LogP contribution in [0.2, 0.25) is 0 Å². The number of rotatable bonds is 1. The number of likely N-dealkylation sites (tertiary alicyclic amines) is 1. The van der Waals surface area contributed by atoms with Gasteiger partial charge < -0.3 is 10.2 Å². The molecule has 1 amide bonds. The van der Waals surface area contributed by atoms with Gasteiger partial charge in [-0.1, -0.05) is 20.8 Å². The van der Waals surface area contributed by atoms with Gasteiger partial charge >= 0.3 is 0 Å². The second-order valence-electron chi connectivity index (χ2n) is 6.31. The van der Waals surface area contributed by atoms with E-state index in [0.29, 0.717) is 11.8 Å². The molecule has 0 aliphatic carbocycles. The minimum absolute atomic E-state index is 0.106. The van der Waals surface area contributed by atoms with E-state index in [-0.39, 0.29) is 5.41 Å². The predicted molar refractivity (Wildman–Crippen MR) is 69.7 cm³/mol. The van der Waals surface area contributed by atoms with Gasteiger partial charge in [0, 0.05) is 18.5 Å². The van der Waals surface area contributed by atoms with Crippen molar-refractivity contribution in [1.82, 2.24) is 10.2 Å². The third kappa shape index (κ3) is 2.65. The van der Waals surface area contributed by atoms with E-state index in [4.69, 9.17) is 0 Å². The van der Waals surface area contributed by atoms with Crippen molar-refractivity contribution < 1.29 is 4.79 Å². The molecule has 2 saturated heterocycles. The van der Waals surface area contributed by atoms with Crippen LogP contribution in [-0.2, 0) is 4.79 Å². The van der Waals surface area contributed by atoms with E-state index < -0.39 is 0 Å². The van der Waals surface area contributed by atoms with Crippen LogP contribution >= 0.6 is 0 Å². The lowest BCUT2D eigenvalue weighted by molar-refractivity contribution is -0.145. The highest BCUT2D eigenvalue weighted by Gasteiger charge is 2.39. The molecule has 0 spiro atoms. The van der Waals surface area contributed by atoms with Crippen LogP contribution in [0, 0.1) is 17.3 Å². The van der Waals surface area contributed by atoms with E-state index in [0.717, 1.165) is 44.9 Å². The van der Waals surface area contributed by atoms with Crippen molar-refractivity contribution in [1.29, 1.82) is 0 Å². The Hall–Kier alpha value is -0.570. The van der Waals surface area contributed by atoms with Gasteiger partial charge in [-0.15, -0.1) is 0 Å². The fourth-order valence-corrected chi connectivity index (χ4v) is 3.02. The first kappa shape index (κ1) is 12.9. The molecule has 98 valence electrons. The molecule has 2 atom stereocenters. The van der Waals surface area contributed by atoms with Crippen LogP contribution in [0.4, 0.5) is 0 Å². The summed E-state index contributed by atoms with van der Waals surface area (Å²) in [5, 5.41) is 3.34. The second kappa shape index (κ2) is 4.97. The lowest BCUT2D eigenvalue weighted by Gasteiger charge is -2.42. The molecular weight excluding hydrogens is 212 g/mol. The summed E-state index contributed by atoms with van der Waals surface area (Å²) in [5.41, 5.74) is -0.106. The number of piperidine rings is 2. The maximum Gasteiger partial charge on any atom is 0.228 e. The van der Waals surface area contributed by atoms with E-state index in [9.17, 15) is 4.79 Å². The van der Waals surface area contributed by atoms with Gasteiger partial charge in [-0.25, -0.2) is 0 Å². The Balaban J connectivity index is 1.99. The topological polar surface area (TPSA) is 32.3 Å². The molecule has 2 aliphatic rings. The molecule has 2 aliphatic heterocycles. The Labute approximate surface area is 105 Å². The monoisotopic (exact) mass is 238 g/mol. The van der Waals surface area contributed by atoms with Crippen LogP contribution in [0.15, 0.2) is 0 Å². The molecule has 2 heterocycles. The van der Waals surface area contributed by atoms with Gasteiger partial charge in [0.25, 0.3) is 0 Å². The molecule has 0 radical (unpaired) electrons. The normalized spacial score (nSPS) is 33.5. The Morgan fingerprint density at radius 3 is 2.47 bits per heavy atom. The Morgan fingerprint density at radius 2 is 1.88 bits per heavy atom. The first-order chi connectivity index (χ1) is 8.03. The van der Waals surface area contributed by atoms with Gasteiger partial charge in [0.15, 0.2) is 0 Å². The number of nitrogens with one attached hydrogen (secondary N) is 1. The lowest BCUT2D eigenvalue weighted by atomic mass is 9.78. The van der Waals surface area contributed by atoms with Crippen molar-refractivity contribution in [2.24, 2.45) is 17.3 Å². The molecule has 0 bridgehead atoms. The van der Waals surface area contributed by atoms with Gasteiger partial charge in [0.2, 0.25) is 5.91 Å². The van der Waals surface area contributed by atoms with Gasteiger partial charge in [0.05, 0.1) is 0 Å². The highest BCUT2D eigenvalue weighted by Crippen LogP contribution is 2.33. The quantitative estimate of drug-likeness (QED) is 0.756. The highest BCUT2D eigenvalue weighted by molar-refractivity contribution is 5.82. The van der Waals surface area contributed by atoms with Crippen LogP contribution in [0.3, 0.4) is 0 Å². The summed E-state index contributed by atoms with van der Waals surface area (Å²) in [6.07, 6.45) is 3.15. The van der Waals surface area contributed by atoms with E-state index >= 15 is 0 Å². The maximum absolute atomic E-state index is 12.6. The Bertz CT molecular complexity index is 284. The fourth-order valence-electron chi connectivity index (χ4n) is 3.02. The number of hydrogen-bond donors (Lipinski definition) is 1. The molecule has 3 nitrogen and oxygen atoms in total. The second-order valence-corrected chi connectivity index (χ2v) is 6.31. The van der Waals surface area contributed by atoms with Crippen molar-refractivity contribution in [2.45, 2.75) is 40.0 Å². The number of amides is 1. The summed E-state index contributed by atoms with van der Waals surface area (Å²) in [6.45, 7) is 10.6.